The number of amides is 1. The zero-order valence-electron chi connectivity index (χ0n) is 16.1. The number of aromatic nitrogens is 3. The number of carbonyl (C=O) groups is 1. The molecule has 0 aliphatic heterocycles. The van der Waals surface area contributed by atoms with E-state index in [4.69, 9.17) is 23.2 Å². The maximum atomic E-state index is 12.8. The van der Waals surface area contributed by atoms with Crippen LogP contribution in [0.15, 0.2) is 42.6 Å². The first-order valence-electron chi connectivity index (χ1n) is 9.31. The Morgan fingerprint density at radius 1 is 1.13 bits per heavy atom. The van der Waals surface area contributed by atoms with Crippen molar-refractivity contribution >= 4 is 65.2 Å². The average Bonchev–Trinajstić information content (AvgIpc) is 3.16. The van der Waals surface area contributed by atoms with Crippen LogP contribution in [-0.4, -0.2) is 26.2 Å². The number of aryl methyl sites for hydroxylation is 2. The number of halogens is 2. The number of rotatable bonds is 6. The van der Waals surface area contributed by atoms with E-state index in [-0.39, 0.29) is 23.5 Å². The van der Waals surface area contributed by atoms with Gasteiger partial charge in [0.2, 0.25) is 0 Å². The average molecular weight is 491 g/mol. The van der Waals surface area contributed by atoms with E-state index in [2.05, 4.69) is 35.8 Å². The highest BCUT2D eigenvalue weighted by molar-refractivity contribution is 7.43. The Hall–Kier alpha value is -2.31. The van der Waals surface area contributed by atoms with Crippen LogP contribution in [0.5, 0.6) is 5.75 Å². The van der Waals surface area contributed by atoms with Gasteiger partial charge < -0.3 is 10.4 Å². The fourth-order valence-corrected chi connectivity index (χ4v) is 5.10. The molecule has 0 aliphatic rings. The molecular weight excluding hydrogens is 474 g/mol. The van der Waals surface area contributed by atoms with Crippen molar-refractivity contribution in [2.24, 2.45) is 0 Å². The predicted molar refractivity (Wildman–Crippen MR) is 128 cm³/mol. The molecule has 31 heavy (non-hydrogen) atoms. The van der Waals surface area contributed by atoms with Crippen molar-refractivity contribution in [1.82, 2.24) is 20.5 Å². The van der Waals surface area contributed by atoms with Crippen LogP contribution in [0, 0.1) is 0 Å². The molecule has 4 aromatic rings. The summed E-state index contributed by atoms with van der Waals surface area (Å²) in [5, 5.41) is 22.9. The minimum atomic E-state index is -0.522. The lowest BCUT2D eigenvalue weighted by molar-refractivity contribution is 0.0943. The largest absolute Gasteiger partial charge is 0.504 e. The summed E-state index contributed by atoms with van der Waals surface area (Å²) in [6.07, 6.45) is 2.90. The van der Waals surface area contributed by atoms with E-state index in [1.807, 2.05) is 6.07 Å². The smallest absolute Gasteiger partial charge is 0.274 e. The molecular formula is C21H17Cl2N4O2PS. The lowest BCUT2D eigenvalue weighted by Gasteiger charge is -2.11. The van der Waals surface area contributed by atoms with E-state index in [1.54, 1.807) is 41.8 Å². The van der Waals surface area contributed by atoms with Gasteiger partial charge in [-0.05, 0) is 54.8 Å². The molecule has 0 radical (unpaired) electrons. The van der Waals surface area contributed by atoms with Crippen LogP contribution in [0.4, 0.5) is 0 Å². The molecule has 1 amide bonds. The molecule has 3 heterocycles. The molecule has 0 spiro atoms. The van der Waals surface area contributed by atoms with E-state index in [0.29, 0.717) is 27.5 Å². The van der Waals surface area contributed by atoms with Crippen molar-refractivity contribution in [2.75, 3.05) is 0 Å². The third kappa shape index (κ3) is 5.13. The van der Waals surface area contributed by atoms with Crippen LogP contribution < -0.4 is 9.94 Å². The number of hydrogen-bond acceptors (Lipinski definition) is 6. The SMILES string of the molecule is O=C(NCc1cc(Cl)cc(Cl)c1)c1nc(CCc2ccc(P)s2)c2ccnnc2c1O. The lowest BCUT2D eigenvalue weighted by atomic mass is 10.1. The first-order valence-corrected chi connectivity index (χ1v) is 11.5. The van der Waals surface area contributed by atoms with Crippen molar-refractivity contribution in [2.45, 2.75) is 19.4 Å². The minimum absolute atomic E-state index is 0.0889. The Morgan fingerprint density at radius 2 is 1.90 bits per heavy atom. The van der Waals surface area contributed by atoms with Crippen LogP contribution in [0.2, 0.25) is 10.0 Å². The van der Waals surface area contributed by atoms with Crippen LogP contribution >= 0.6 is 43.8 Å². The summed E-state index contributed by atoms with van der Waals surface area (Å²) in [7, 11) is 2.69. The number of nitrogens with zero attached hydrogens (tertiary/aromatic N) is 3. The number of pyridine rings is 1. The fraction of sp³-hybridized carbons (Fsp3) is 0.143. The number of fused-ring (bicyclic) bond motifs is 1. The Bertz CT molecular complexity index is 1260. The molecule has 4 rings (SSSR count). The van der Waals surface area contributed by atoms with Crippen molar-refractivity contribution in [3.63, 3.8) is 0 Å². The van der Waals surface area contributed by atoms with Crippen LogP contribution in [0.1, 0.15) is 26.6 Å². The van der Waals surface area contributed by atoms with E-state index >= 15 is 0 Å². The second-order valence-corrected chi connectivity index (χ2v) is 9.93. The van der Waals surface area contributed by atoms with Crippen molar-refractivity contribution in [1.29, 1.82) is 0 Å². The van der Waals surface area contributed by atoms with Gasteiger partial charge in [0.1, 0.15) is 5.52 Å². The number of benzene rings is 1. The fourth-order valence-electron chi connectivity index (χ4n) is 3.20. The Balaban J connectivity index is 1.61. The molecule has 6 nitrogen and oxygen atoms in total. The Labute approximate surface area is 194 Å². The highest BCUT2D eigenvalue weighted by atomic mass is 35.5. The van der Waals surface area contributed by atoms with Crippen molar-refractivity contribution < 1.29 is 9.90 Å². The molecule has 0 fully saturated rings. The third-order valence-corrected chi connectivity index (χ3v) is 6.56. The highest BCUT2D eigenvalue weighted by Gasteiger charge is 2.20. The zero-order valence-corrected chi connectivity index (χ0v) is 19.6. The van der Waals surface area contributed by atoms with Gasteiger partial charge >= 0.3 is 0 Å². The number of aromatic hydroxyl groups is 1. The molecule has 2 N–H and O–H groups in total. The number of carbonyl (C=O) groups excluding carboxylic acids is 1. The van der Waals surface area contributed by atoms with E-state index in [0.717, 1.165) is 16.6 Å². The zero-order chi connectivity index (χ0) is 22.0. The van der Waals surface area contributed by atoms with Gasteiger partial charge in [-0.2, -0.15) is 5.10 Å². The quantitative estimate of drug-likeness (QED) is 0.393. The van der Waals surface area contributed by atoms with E-state index < -0.39 is 5.91 Å². The van der Waals surface area contributed by atoms with Gasteiger partial charge in [0.15, 0.2) is 11.4 Å². The van der Waals surface area contributed by atoms with Crippen molar-refractivity contribution in [3.8, 4) is 5.75 Å². The molecule has 10 heteroatoms. The monoisotopic (exact) mass is 490 g/mol. The summed E-state index contributed by atoms with van der Waals surface area (Å²) in [6, 6.07) is 10.9. The summed E-state index contributed by atoms with van der Waals surface area (Å²) in [5.74, 6) is -0.817. The first-order chi connectivity index (χ1) is 14.9. The molecule has 1 atom stereocenters. The van der Waals surface area contributed by atoms with Gasteiger partial charge in [0.25, 0.3) is 5.91 Å². The van der Waals surface area contributed by atoms with Crippen LogP contribution in [0.25, 0.3) is 10.9 Å². The van der Waals surface area contributed by atoms with Crippen LogP contribution in [0.3, 0.4) is 0 Å². The minimum Gasteiger partial charge on any atom is -0.504 e. The topological polar surface area (TPSA) is 88.0 Å². The summed E-state index contributed by atoms with van der Waals surface area (Å²) < 4.78 is 1.16. The molecule has 158 valence electrons. The predicted octanol–water partition coefficient (Wildman–Crippen LogP) is 4.31. The van der Waals surface area contributed by atoms with Gasteiger partial charge in [0.05, 0.1) is 11.9 Å². The second kappa shape index (κ2) is 9.45. The third-order valence-electron chi connectivity index (χ3n) is 4.61. The summed E-state index contributed by atoms with van der Waals surface area (Å²) >= 11 is 13.7. The normalized spacial score (nSPS) is 11.1. The lowest BCUT2D eigenvalue weighted by Crippen LogP contribution is -2.24. The van der Waals surface area contributed by atoms with Crippen molar-refractivity contribution in [3.05, 3.63) is 74.5 Å². The summed E-state index contributed by atoms with van der Waals surface area (Å²) in [6.45, 7) is 0.181. The molecule has 0 bridgehead atoms. The van der Waals surface area contributed by atoms with Gasteiger partial charge in [0, 0.05) is 31.5 Å². The summed E-state index contributed by atoms with van der Waals surface area (Å²) in [5.41, 5.74) is 1.57. The molecule has 1 unspecified atom stereocenters. The van der Waals surface area contributed by atoms with Gasteiger partial charge in [-0.15, -0.1) is 16.4 Å². The number of nitrogens with one attached hydrogen (secondary N) is 1. The molecule has 3 aromatic heterocycles. The first kappa shape index (κ1) is 21.9. The molecule has 0 aliphatic carbocycles. The van der Waals surface area contributed by atoms with Gasteiger partial charge in [-0.3, -0.25) is 4.79 Å². The number of thiophene rings is 1. The number of hydrogen-bond donors (Lipinski definition) is 2. The van der Waals surface area contributed by atoms with Gasteiger partial charge in [-0.1, -0.05) is 32.4 Å². The molecule has 0 saturated carbocycles. The second-order valence-electron chi connectivity index (χ2n) is 6.81. The maximum absolute atomic E-state index is 12.8. The molecule has 0 saturated heterocycles. The Kier molecular flexibility index (Phi) is 6.68. The standard InChI is InChI=1S/C21H17Cl2N4O2PS/c22-12-7-11(8-13(23)9-12)10-24-21(29)19-20(28)18-15(5-6-25-27-18)16(26-19)3-1-14-2-4-17(30)31-14/h2,4-9,28H,1,3,10,30H2,(H,24,29). The van der Waals surface area contributed by atoms with E-state index in [1.165, 1.54) is 4.88 Å². The highest BCUT2D eigenvalue weighted by Crippen LogP contribution is 2.28. The van der Waals surface area contributed by atoms with Gasteiger partial charge in [-0.25, -0.2) is 4.98 Å². The Morgan fingerprint density at radius 3 is 2.61 bits per heavy atom. The maximum Gasteiger partial charge on any atom is 0.274 e. The summed E-state index contributed by atoms with van der Waals surface area (Å²) in [4.78, 5) is 18.5. The van der Waals surface area contributed by atoms with Crippen LogP contribution in [-0.2, 0) is 19.4 Å². The van der Waals surface area contributed by atoms with E-state index in [9.17, 15) is 9.90 Å². The molecule has 1 aromatic carbocycles.